The van der Waals surface area contributed by atoms with Crippen molar-refractivity contribution in [1.29, 1.82) is 0 Å². The topological polar surface area (TPSA) is 361 Å². The van der Waals surface area contributed by atoms with Gasteiger partial charge in [0.25, 0.3) is 0 Å². The Morgan fingerprint density at radius 1 is 0.516 bits per heavy atom. The molecule has 6 fully saturated rings. The van der Waals surface area contributed by atoms with Crippen molar-refractivity contribution in [2.75, 3.05) is 53.7 Å². The van der Waals surface area contributed by atoms with Gasteiger partial charge in [0.15, 0.2) is 11.6 Å². The molecule has 4 saturated carbocycles. The quantitative estimate of drug-likeness (QED) is 0.0374. The molecule has 128 heavy (non-hydrogen) atoms. The van der Waals surface area contributed by atoms with Crippen molar-refractivity contribution < 1.29 is 146 Å². The predicted octanol–water partition coefficient (Wildman–Crippen LogP) is 13.8. The maximum Gasteiger partial charge on any atom is 0.438 e. The van der Waals surface area contributed by atoms with Crippen LogP contribution in [0.25, 0.3) is 22.1 Å². The Morgan fingerprint density at radius 2 is 0.867 bits per heavy atom. The third-order valence-electron chi connectivity index (χ3n) is 25.8. The van der Waals surface area contributed by atoms with Crippen LogP contribution in [0.2, 0.25) is 0 Å². The van der Waals surface area contributed by atoms with Gasteiger partial charge in [-0.2, -0.15) is 52.7 Å². The van der Waals surface area contributed by atoms with Crippen LogP contribution in [0.4, 0.5) is 52.7 Å². The number of amides is 4. The fourth-order valence-electron chi connectivity index (χ4n) is 17.1. The lowest BCUT2D eigenvalue weighted by atomic mass is 9.81. The number of rotatable bonds is 24. The number of aromatic nitrogens is 4. The second kappa shape index (κ2) is 37.7. The van der Waals surface area contributed by atoms with Crippen LogP contribution in [0.5, 0.6) is 23.3 Å². The van der Waals surface area contributed by atoms with Gasteiger partial charge in [0.1, 0.15) is 23.7 Å². The van der Waals surface area contributed by atoms with E-state index in [9.17, 15) is 98.3 Å². The molecule has 0 radical (unpaired) electrons. The lowest BCUT2D eigenvalue weighted by Gasteiger charge is -2.34. The van der Waals surface area contributed by atoms with E-state index in [1.54, 1.807) is 26.0 Å². The van der Waals surface area contributed by atoms with E-state index in [0.717, 1.165) is 9.80 Å². The highest BCUT2D eigenvalue weighted by Crippen LogP contribution is 2.60. The third-order valence-corrected chi connectivity index (χ3v) is 30.1. The summed E-state index contributed by atoms with van der Waals surface area (Å²) in [4.78, 5) is 132. The van der Waals surface area contributed by atoms with Crippen LogP contribution in [0, 0.1) is 58.2 Å². The highest BCUT2D eigenvalue weighted by atomic mass is 32.2. The number of halogens is 12. The molecule has 4 amide bonds. The Balaban J connectivity index is 0.000000248. The number of hydrogen-bond acceptors (Lipinski definition) is 24. The average molecular weight is 1870 g/mol. The van der Waals surface area contributed by atoms with Crippen LogP contribution in [-0.2, 0) is 89.7 Å². The number of ketones is 2. The van der Waals surface area contributed by atoms with E-state index in [4.69, 9.17) is 37.9 Å². The summed E-state index contributed by atoms with van der Waals surface area (Å²) in [6.45, 7) is 11.8. The standard InChI is InChI=1S/2C43H54F6N4O10S/c2*1-7-61-27-12-13-30-31(17-27)51-36(35(50-30)42(44,45)46)62-28-18-32-33(54)21-41(38(57)52-64(58,59)40(5)14-15-40)20-26(41)11-9-8-10-24(2)16-25(23-60-6)29(37(56)53(32)22-28)19-34(55)63-39(3,4)43(47,48)49/h2*9,11-13,17,24-26,28-29,32H,7-8,10,14-16,18-23H2,1-6H3,(H,52,57)/b2*11-9-/t24-,25+,26-,28-,29+,32+,41-;24-,25-,26+,28+,29-,32-,41+/m10/s1. The lowest BCUT2D eigenvalue weighted by molar-refractivity contribution is -0.257. The summed E-state index contributed by atoms with van der Waals surface area (Å²) >= 11 is 0. The Kier molecular flexibility index (Phi) is 29.3. The SMILES string of the molecule is CCOc1ccc2nc(C(F)(F)F)c(O[C@@H]3C[C@H]4C(=O)C[C@]5(C(=O)NS(=O)(=O)C6(C)CC6)C[C@H]5/C=C\CC[C@@H](C)C[C@@H](COC)[C@H](CC(=O)OC(C)(C)C(F)(F)F)C(=O)N4C3)nc2c1.CCOc1ccc2nc(C(F)(F)F)c(O[C@@H]3C[C@H]4C(=O)C[C@]5(C(=O)NS(=O)(=O)C6(C)CC6)C[C@H]5/C=C\CC[C@H](C)C[C@@H](COC)[C@H](CC(=O)OC(C)(C)C(F)(F)F)C(=O)N4C3)nc2c1. The van der Waals surface area contributed by atoms with Crippen LogP contribution < -0.4 is 28.4 Å². The van der Waals surface area contributed by atoms with Crippen molar-refractivity contribution in [1.82, 2.24) is 39.2 Å². The summed E-state index contributed by atoms with van der Waals surface area (Å²) in [5.41, 5.74) is -12.4. The van der Waals surface area contributed by atoms with Crippen LogP contribution >= 0.6 is 0 Å². The Labute approximate surface area is 732 Å². The molecule has 42 heteroatoms. The van der Waals surface area contributed by atoms with E-state index in [1.807, 2.05) is 26.0 Å². The number of allylic oxidation sites excluding steroid dienone is 4. The molecule has 0 bridgehead atoms. The molecule has 4 aromatic rings. The van der Waals surface area contributed by atoms with Gasteiger partial charge in [0, 0.05) is 65.2 Å². The van der Waals surface area contributed by atoms with Crippen molar-refractivity contribution in [2.45, 2.75) is 255 Å². The zero-order valence-corrected chi connectivity index (χ0v) is 74.5. The fourth-order valence-corrected chi connectivity index (χ4v) is 19.8. The number of nitrogens with one attached hydrogen (secondary N) is 2. The highest BCUT2D eigenvalue weighted by Gasteiger charge is 2.66. The third kappa shape index (κ3) is 22.4. The van der Waals surface area contributed by atoms with Crippen LogP contribution in [-0.4, -0.2) is 205 Å². The Bertz CT molecular complexity index is 4850. The van der Waals surface area contributed by atoms with E-state index in [-0.39, 0.29) is 97.5 Å². The second-order valence-electron chi connectivity index (χ2n) is 36.6. The molecule has 0 spiro atoms. The van der Waals surface area contributed by atoms with Gasteiger partial charge in [-0.1, -0.05) is 38.2 Å². The summed E-state index contributed by atoms with van der Waals surface area (Å²) < 4.78 is 269. The number of carbonyl (C=O) groups excluding carboxylic acids is 8. The average Bonchev–Trinajstić information content (AvgIpc) is 1.59. The Hall–Kier alpha value is -9.06. The van der Waals surface area contributed by atoms with Crippen molar-refractivity contribution in [3.63, 3.8) is 0 Å². The number of carbonyl (C=O) groups is 8. The molecule has 2 aromatic carbocycles. The van der Waals surface area contributed by atoms with E-state index in [1.165, 1.54) is 64.5 Å². The van der Waals surface area contributed by atoms with Crippen LogP contribution in [0.15, 0.2) is 60.7 Å². The van der Waals surface area contributed by atoms with E-state index in [0.29, 0.717) is 79.1 Å². The summed E-state index contributed by atoms with van der Waals surface area (Å²) in [7, 11) is -5.64. The first-order chi connectivity index (χ1) is 59.5. The first-order valence-electron chi connectivity index (χ1n) is 42.5. The zero-order chi connectivity index (χ0) is 94.4. The summed E-state index contributed by atoms with van der Waals surface area (Å²) in [6.07, 6.45) is -15.8. The molecule has 2 N–H and O–H groups in total. The number of fused-ring (bicyclic) bond motifs is 6. The lowest BCUT2D eigenvalue weighted by Crippen LogP contribution is -2.49. The molecule has 6 heterocycles. The maximum absolute atomic E-state index is 15.0. The van der Waals surface area contributed by atoms with Gasteiger partial charge in [-0.15, -0.1) is 0 Å². The zero-order valence-electron chi connectivity index (χ0n) is 72.9. The normalized spacial score (nSPS) is 28.3. The number of esters is 2. The van der Waals surface area contributed by atoms with Gasteiger partial charge in [-0.05, 0) is 192 Å². The minimum atomic E-state index is -5.09. The van der Waals surface area contributed by atoms with Crippen molar-refractivity contribution in [3.8, 4) is 23.3 Å². The molecule has 708 valence electrons. The molecule has 8 aliphatic rings. The molecular formula is C86H108F12N8O20S2. The van der Waals surface area contributed by atoms with Gasteiger partial charge in [0.2, 0.25) is 78.0 Å². The number of benzene rings is 2. The molecule has 2 aromatic heterocycles. The van der Waals surface area contributed by atoms with Gasteiger partial charge >= 0.3 is 36.6 Å². The number of hydrogen-bond donors (Lipinski definition) is 2. The van der Waals surface area contributed by atoms with Gasteiger partial charge in [-0.3, -0.25) is 47.8 Å². The second-order valence-corrected chi connectivity index (χ2v) is 41.0. The minimum absolute atomic E-state index is 0.0263. The van der Waals surface area contributed by atoms with Crippen LogP contribution in [0.1, 0.15) is 196 Å². The number of alkyl halides is 12. The van der Waals surface area contributed by atoms with Crippen molar-refractivity contribution >= 4 is 89.2 Å². The maximum atomic E-state index is 15.0. The first-order valence-corrected chi connectivity index (χ1v) is 45.5. The van der Waals surface area contributed by atoms with Gasteiger partial charge in [-0.25, -0.2) is 36.8 Å². The van der Waals surface area contributed by atoms with Crippen molar-refractivity contribution in [3.05, 3.63) is 72.1 Å². The molecule has 0 unspecified atom stereocenters. The molecule has 4 aliphatic heterocycles. The molecule has 14 atom stereocenters. The fraction of sp³-hybridized carbons (Fsp3) is 0.674. The number of ether oxygens (including phenoxy) is 8. The predicted molar refractivity (Wildman–Crippen MR) is 434 cm³/mol. The molecule has 4 aliphatic carbocycles. The molecule has 12 rings (SSSR count). The number of methoxy groups -OCH3 is 2. The summed E-state index contributed by atoms with van der Waals surface area (Å²) in [5.74, 6) is -15.4. The monoisotopic (exact) mass is 1860 g/mol. The Morgan fingerprint density at radius 3 is 1.18 bits per heavy atom. The number of nitrogens with zero attached hydrogens (tertiary/aromatic N) is 6. The molecular weight excluding hydrogens is 1760 g/mol. The first kappa shape index (κ1) is 99.5. The van der Waals surface area contributed by atoms with Crippen LogP contribution in [0.3, 0.4) is 0 Å². The number of sulfonamides is 2. The van der Waals surface area contributed by atoms with E-state index in [2.05, 4.69) is 29.4 Å². The molecule has 28 nitrogen and oxygen atoms in total. The molecule has 2 saturated heterocycles. The largest absolute Gasteiger partial charge is 0.494 e. The summed E-state index contributed by atoms with van der Waals surface area (Å²) in [6, 6.07) is 5.10. The van der Waals surface area contributed by atoms with Crippen molar-refractivity contribution in [2.24, 2.45) is 58.2 Å². The van der Waals surface area contributed by atoms with Gasteiger partial charge < -0.3 is 47.7 Å². The minimum Gasteiger partial charge on any atom is -0.494 e. The smallest absolute Gasteiger partial charge is 0.438 e. The highest BCUT2D eigenvalue weighted by molar-refractivity contribution is 7.92. The summed E-state index contributed by atoms with van der Waals surface area (Å²) in [5, 5.41) is 0. The van der Waals surface area contributed by atoms with E-state index >= 15 is 9.59 Å². The number of Topliss-reactive ketones (excluding diaryl/α,β-unsaturated/α-hetero) is 2. The van der Waals surface area contributed by atoms with E-state index < -0.39 is 258 Å². The van der Waals surface area contributed by atoms with Gasteiger partial charge in [0.05, 0.1) is 105 Å².